The van der Waals surface area contributed by atoms with Crippen LogP contribution in [0.1, 0.15) is 31.0 Å². The molecule has 39 heavy (non-hydrogen) atoms. The number of halogens is 3. The zero-order valence-electron chi connectivity index (χ0n) is 20.9. The molecule has 2 aromatic heterocycles. The first kappa shape index (κ1) is 26.1. The van der Waals surface area contributed by atoms with E-state index in [2.05, 4.69) is 50.5 Å². The maximum atomic E-state index is 12.5. The van der Waals surface area contributed by atoms with Gasteiger partial charge in [0.15, 0.2) is 5.11 Å². The van der Waals surface area contributed by atoms with Crippen molar-refractivity contribution in [3.8, 4) is 11.4 Å². The number of nitrogens with zero attached hydrogens (tertiary/aromatic N) is 4. The van der Waals surface area contributed by atoms with Crippen molar-refractivity contribution in [3.05, 3.63) is 90.4 Å². The summed E-state index contributed by atoms with van der Waals surface area (Å²) < 4.78 is 43.1. The molecule has 3 aromatic carbocycles. The Bertz CT molecular complexity index is 1680. The molecule has 0 saturated heterocycles. The third-order valence-corrected chi connectivity index (χ3v) is 6.14. The minimum absolute atomic E-state index is 0.286. The van der Waals surface area contributed by atoms with E-state index in [9.17, 15) is 13.2 Å². The summed E-state index contributed by atoms with van der Waals surface area (Å²) in [5.41, 5.74) is 8.40. The first-order chi connectivity index (χ1) is 18.7. The number of pyridine rings is 1. The average Bonchev–Trinajstić information content (AvgIpc) is 3.33. The topological polar surface area (TPSA) is 76.4 Å². The van der Waals surface area contributed by atoms with Gasteiger partial charge in [0.05, 0.1) is 28.5 Å². The van der Waals surface area contributed by atoms with Crippen molar-refractivity contribution >= 4 is 51.2 Å². The second kappa shape index (κ2) is 10.7. The summed E-state index contributed by atoms with van der Waals surface area (Å²) in [6.45, 7) is 4.24. The molecule has 0 radical (unpaired) electrons. The molecule has 0 spiro atoms. The SMILES string of the molecule is CC(C)c1ccccc1NC(=S)N/N=C/c1ccc2c(ccc3c2ncn3-c2ccc(OC(F)(F)F)cc2)n1. The Morgan fingerprint density at radius 3 is 2.54 bits per heavy atom. The van der Waals surface area contributed by atoms with Crippen LogP contribution in [0.15, 0.2) is 84.2 Å². The Labute approximate surface area is 227 Å². The summed E-state index contributed by atoms with van der Waals surface area (Å²) in [4.78, 5) is 9.17. The summed E-state index contributed by atoms with van der Waals surface area (Å²) in [6.07, 6.45) is -1.54. The molecule has 0 amide bonds. The van der Waals surface area contributed by atoms with Crippen LogP contribution >= 0.6 is 12.2 Å². The smallest absolute Gasteiger partial charge is 0.406 e. The van der Waals surface area contributed by atoms with Crippen molar-refractivity contribution in [2.75, 3.05) is 5.32 Å². The minimum Gasteiger partial charge on any atom is -0.406 e. The zero-order valence-corrected chi connectivity index (χ0v) is 21.7. The molecule has 0 unspecified atom stereocenters. The number of anilines is 1. The van der Waals surface area contributed by atoms with E-state index in [1.165, 1.54) is 24.3 Å². The van der Waals surface area contributed by atoms with Crippen molar-refractivity contribution in [2.24, 2.45) is 5.10 Å². The first-order valence-corrected chi connectivity index (χ1v) is 12.4. The van der Waals surface area contributed by atoms with E-state index < -0.39 is 6.36 Å². The van der Waals surface area contributed by atoms with Gasteiger partial charge in [-0.25, -0.2) is 9.97 Å². The number of para-hydroxylation sites is 1. The molecule has 2 N–H and O–H groups in total. The fraction of sp³-hybridized carbons (Fsp3) is 0.143. The normalized spacial score (nSPS) is 11.9. The van der Waals surface area contributed by atoms with Crippen LogP contribution in [0.5, 0.6) is 5.75 Å². The zero-order chi connectivity index (χ0) is 27.6. The molecule has 0 aliphatic rings. The highest BCUT2D eigenvalue weighted by Crippen LogP contribution is 2.28. The number of hydrogen-bond acceptors (Lipinski definition) is 5. The predicted molar refractivity (Wildman–Crippen MR) is 151 cm³/mol. The summed E-state index contributed by atoms with van der Waals surface area (Å²) in [5.74, 6) is 0.0593. The molecular formula is C28H23F3N6OS. The van der Waals surface area contributed by atoms with Crippen LogP contribution in [0.25, 0.3) is 27.6 Å². The molecule has 0 aliphatic carbocycles. The van der Waals surface area contributed by atoms with Gasteiger partial charge in [0, 0.05) is 16.8 Å². The van der Waals surface area contributed by atoms with Crippen molar-refractivity contribution in [1.82, 2.24) is 20.0 Å². The summed E-state index contributed by atoms with van der Waals surface area (Å²) in [6, 6.07) is 21.0. The van der Waals surface area contributed by atoms with E-state index >= 15 is 0 Å². The van der Waals surface area contributed by atoms with Gasteiger partial charge >= 0.3 is 6.36 Å². The molecule has 5 aromatic rings. The molecule has 11 heteroatoms. The Hall–Kier alpha value is -4.51. The number of aromatic nitrogens is 3. The average molecular weight is 549 g/mol. The maximum Gasteiger partial charge on any atom is 0.573 e. The monoisotopic (exact) mass is 548 g/mol. The van der Waals surface area contributed by atoms with Gasteiger partial charge in [-0.3, -0.25) is 9.99 Å². The first-order valence-electron chi connectivity index (χ1n) is 12.0. The highest BCUT2D eigenvalue weighted by Gasteiger charge is 2.31. The van der Waals surface area contributed by atoms with Gasteiger partial charge < -0.3 is 10.1 Å². The molecule has 5 rings (SSSR count). The van der Waals surface area contributed by atoms with Crippen LogP contribution in [0.3, 0.4) is 0 Å². The molecule has 0 atom stereocenters. The van der Waals surface area contributed by atoms with Crippen LogP contribution in [0.2, 0.25) is 0 Å². The van der Waals surface area contributed by atoms with Gasteiger partial charge in [-0.1, -0.05) is 32.0 Å². The van der Waals surface area contributed by atoms with E-state index in [4.69, 9.17) is 12.2 Å². The Morgan fingerprint density at radius 2 is 1.79 bits per heavy atom. The number of nitrogens with one attached hydrogen (secondary N) is 2. The van der Waals surface area contributed by atoms with E-state index in [-0.39, 0.29) is 5.75 Å². The van der Waals surface area contributed by atoms with Gasteiger partial charge in [-0.15, -0.1) is 13.2 Å². The molecule has 2 heterocycles. The van der Waals surface area contributed by atoms with Crippen molar-refractivity contribution in [1.29, 1.82) is 0 Å². The Morgan fingerprint density at radius 1 is 1.03 bits per heavy atom. The van der Waals surface area contributed by atoms with E-state index in [1.54, 1.807) is 17.1 Å². The highest BCUT2D eigenvalue weighted by molar-refractivity contribution is 7.80. The molecule has 198 valence electrons. The number of benzene rings is 3. The van der Waals surface area contributed by atoms with Crippen LogP contribution in [-0.2, 0) is 0 Å². The quantitative estimate of drug-likeness (QED) is 0.136. The van der Waals surface area contributed by atoms with Crippen LogP contribution in [0.4, 0.5) is 18.9 Å². The third kappa shape index (κ3) is 5.99. The van der Waals surface area contributed by atoms with E-state index in [0.29, 0.717) is 27.9 Å². The van der Waals surface area contributed by atoms with Gasteiger partial charge in [0.2, 0.25) is 0 Å². The number of rotatable bonds is 6. The van der Waals surface area contributed by atoms with Crippen molar-refractivity contribution < 1.29 is 17.9 Å². The number of imidazole rings is 1. The van der Waals surface area contributed by atoms with Crippen molar-refractivity contribution in [2.45, 2.75) is 26.1 Å². The standard InChI is InChI=1S/C28H23F3N6OS/c1-17(2)21-5-3-4-6-23(21)35-27(39)36-33-15-18-7-12-22-24(34-18)13-14-25-26(22)32-16-37(25)19-8-10-20(11-9-19)38-28(29,30)31/h3-17H,1-2H3,(H2,35,36,39)/b33-15+. The lowest BCUT2D eigenvalue weighted by Gasteiger charge is -2.14. The second-order valence-corrected chi connectivity index (χ2v) is 9.37. The Balaban J connectivity index is 1.31. The summed E-state index contributed by atoms with van der Waals surface area (Å²) in [7, 11) is 0. The van der Waals surface area contributed by atoms with Crippen LogP contribution < -0.4 is 15.5 Å². The summed E-state index contributed by atoms with van der Waals surface area (Å²) in [5, 5.41) is 8.58. The number of hydrogen-bond donors (Lipinski definition) is 2. The van der Waals surface area contributed by atoms with Crippen molar-refractivity contribution in [3.63, 3.8) is 0 Å². The number of fused-ring (bicyclic) bond motifs is 3. The Kier molecular flexibility index (Phi) is 7.16. The molecule has 0 bridgehead atoms. The van der Waals surface area contributed by atoms with Gasteiger partial charge in [-0.2, -0.15) is 5.10 Å². The van der Waals surface area contributed by atoms with Gasteiger partial charge in [0.25, 0.3) is 0 Å². The number of thiocarbonyl (C=S) groups is 1. The number of hydrazone groups is 1. The molecule has 0 saturated carbocycles. The minimum atomic E-state index is -4.74. The largest absolute Gasteiger partial charge is 0.573 e. The van der Waals surface area contributed by atoms with Crippen LogP contribution in [-0.4, -0.2) is 32.2 Å². The summed E-state index contributed by atoms with van der Waals surface area (Å²) >= 11 is 5.38. The van der Waals surface area contributed by atoms with Gasteiger partial charge in [0.1, 0.15) is 12.1 Å². The third-order valence-electron chi connectivity index (χ3n) is 5.95. The number of ether oxygens (including phenoxy) is 1. The lowest BCUT2D eigenvalue weighted by molar-refractivity contribution is -0.274. The van der Waals surface area contributed by atoms with E-state index in [1.807, 2.05) is 42.5 Å². The van der Waals surface area contributed by atoms with Crippen LogP contribution in [0, 0.1) is 0 Å². The molecule has 0 aliphatic heterocycles. The maximum absolute atomic E-state index is 12.5. The lowest BCUT2D eigenvalue weighted by atomic mass is 10.0. The molecule has 0 fully saturated rings. The fourth-order valence-electron chi connectivity index (χ4n) is 4.21. The fourth-order valence-corrected chi connectivity index (χ4v) is 4.37. The molecular weight excluding hydrogens is 525 g/mol. The van der Waals surface area contributed by atoms with E-state index in [0.717, 1.165) is 27.7 Å². The highest BCUT2D eigenvalue weighted by atomic mass is 32.1. The lowest BCUT2D eigenvalue weighted by Crippen LogP contribution is -2.24. The number of alkyl halides is 3. The predicted octanol–water partition coefficient (Wildman–Crippen LogP) is 6.92. The van der Waals surface area contributed by atoms with Gasteiger partial charge in [-0.05, 0) is 78.3 Å². The molecule has 7 nitrogen and oxygen atoms in total. The second-order valence-electron chi connectivity index (χ2n) is 8.96.